The second-order valence-electron chi connectivity index (χ2n) is 6.44. The fourth-order valence-electron chi connectivity index (χ4n) is 2.84. The monoisotopic (exact) mass is 392 g/mol. The summed E-state index contributed by atoms with van der Waals surface area (Å²) in [6.07, 6.45) is 2.51. The third-order valence-corrected chi connectivity index (χ3v) is 6.76. The minimum Gasteiger partial charge on any atom is -0.307 e. The Morgan fingerprint density at radius 2 is 1.89 bits per heavy atom. The lowest BCUT2D eigenvalue weighted by atomic mass is 10.1. The average molecular weight is 393 g/mol. The highest BCUT2D eigenvalue weighted by Gasteiger charge is 2.24. The van der Waals surface area contributed by atoms with E-state index in [0.717, 1.165) is 6.42 Å². The molecule has 1 aromatic heterocycles. The van der Waals surface area contributed by atoms with Crippen LogP contribution in [0.5, 0.6) is 0 Å². The van der Waals surface area contributed by atoms with Gasteiger partial charge >= 0.3 is 0 Å². The van der Waals surface area contributed by atoms with Gasteiger partial charge in [-0.15, -0.1) is 0 Å². The summed E-state index contributed by atoms with van der Waals surface area (Å²) in [6, 6.07) is 6.53. The molecule has 0 fully saturated rings. The van der Waals surface area contributed by atoms with Crippen molar-refractivity contribution in [2.45, 2.75) is 52.0 Å². The lowest BCUT2D eigenvalue weighted by Crippen LogP contribution is -2.31. The Balaban J connectivity index is 2.37. The number of carbonyl (C=O) groups is 1. The molecule has 0 aliphatic rings. The van der Waals surface area contributed by atoms with Crippen LogP contribution in [-0.4, -0.2) is 41.5 Å². The summed E-state index contributed by atoms with van der Waals surface area (Å²) < 4.78 is 28.6. The van der Waals surface area contributed by atoms with Crippen molar-refractivity contribution in [2.24, 2.45) is 0 Å². The van der Waals surface area contributed by atoms with Crippen molar-refractivity contribution < 1.29 is 13.2 Å². The van der Waals surface area contributed by atoms with Crippen LogP contribution in [0.3, 0.4) is 0 Å². The topological polar surface area (TPSA) is 84.3 Å². The summed E-state index contributed by atoms with van der Waals surface area (Å²) >= 11 is 0. The van der Waals surface area contributed by atoms with Crippen LogP contribution in [0, 0.1) is 6.92 Å². The van der Waals surface area contributed by atoms with Crippen molar-refractivity contribution in [3.8, 4) is 0 Å². The van der Waals surface area contributed by atoms with Gasteiger partial charge < -0.3 is 5.32 Å². The van der Waals surface area contributed by atoms with Gasteiger partial charge in [-0.25, -0.2) is 13.1 Å². The summed E-state index contributed by atoms with van der Waals surface area (Å²) in [5.74, 6) is 0.236. The maximum atomic E-state index is 12.8. The zero-order chi connectivity index (χ0) is 20.2. The van der Waals surface area contributed by atoms with Crippen LogP contribution < -0.4 is 5.32 Å². The molecule has 0 saturated heterocycles. The molecule has 0 saturated carbocycles. The minimum absolute atomic E-state index is 0.123. The van der Waals surface area contributed by atoms with Gasteiger partial charge in [0, 0.05) is 24.7 Å². The van der Waals surface area contributed by atoms with E-state index >= 15 is 0 Å². The van der Waals surface area contributed by atoms with Crippen LogP contribution in [0.15, 0.2) is 35.4 Å². The van der Waals surface area contributed by atoms with Gasteiger partial charge in [0.05, 0.1) is 17.1 Å². The number of amides is 1. The fraction of sp³-hybridized carbons (Fsp3) is 0.474. The minimum atomic E-state index is -3.63. The predicted octanol–water partition coefficient (Wildman–Crippen LogP) is 3.45. The SMILES string of the molecule is CCC(C)n1nccc1NC(=O)c1cc(S(=O)(=O)N(CC)CC)ccc1C. The molecule has 8 heteroatoms. The summed E-state index contributed by atoms with van der Waals surface area (Å²) in [5, 5.41) is 7.11. The number of nitrogens with one attached hydrogen (secondary N) is 1. The molecule has 2 aromatic rings. The number of nitrogens with zero attached hydrogens (tertiary/aromatic N) is 3. The summed E-state index contributed by atoms with van der Waals surface area (Å²) in [6.45, 7) is 10.2. The lowest BCUT2D eigenvalue weighted by molar-refractivity contribution is 0.102. The van der Waals surface area contributed by atoms with Crippen molar-refractivity contribution in [3.63, 3.8) is 0 Å². The molecule has 7 nitrogen and oxygen atoms in total. The number of aryl methyl sites for hydroxylation is 1. The summed E-state index contributed by atoms with van der Waals surface area (Å²) in [7, 11) is -3.63. The van der Waals surface area contributed by atoms with Crippen LogP contribution in [0.25, 0.3) is 0 Å². The normalized spacial score (nSPS) is 13.0. The van der Waals surface area contributed by atoms with Gasteiger partial charge in [0.1, 0.15) is 5.82 Å². The predicted molar refractivity (Wildman–Crippen MR) is 106 cm³/mol. The Morgan fingerprint density at radius 3 is 2.48 bits per heavy atom. The number of hydrogen-bond donors (Lipinski definition) is 1. The zero-order valence-corrected chi connectivity index (χ0v) is 17.4. The quantitative estimate of drug-likeness (QED) is 0.746. The maximum Gasteiger partial charge on any atom is 0.257 e. The Labute approximate surface area is 161 Å². The summed E-state index contributed by atoms with van der Waals surface area (Å²) in [4.78, 5) is 12.9. The van der Waals surface area contributed by atoms with Gasteiger partial charge in [-0.1, -0.05) is 26.8 Å². The molecule has 27 heavy (non-hydrogen) atoms. The first-order chi connectivity index (χ1) is 12.8. The molecule has 1 heterocycles. The summed E-state index contributed by atoms with van der Waals surface area (Å²) in [5.41, 5.74) is 1.04. The van der Waals surface area contributed by atoms with Crippen molar-refractivity contribution >= 4 is 21.7 Å². The van der Waals surface area contributed by atoms with E-state index in [2.05, 4.69) is 10.4 Å². The van der Waals surface area contributed by atoms with E-state index in [-0.39, 0.29) is 16.8 Å². The molecule has 2 rings (SSSR count). The van der Waals surface area contributed by atoms with Gasteiger partial charge in [0.25, 0.3) is 5.91 Å². The van der Waals surface area contributed by atoms with E-state index in [0.29, 0.717) is 30.0 Å². The van der Waals surface area contributed by atoms with E-state index in [9.17, 15) is 13.2 Å². The van der Waals surface area contributed by atoms with Crippen molar-refractivity contribution in [2.75, 3.05) is 18.4 Å². The fourth-order valence-corrected chi connectivity index (χ4v) is 4.32. The lowest BCUT2D eigenvalue weighted by Gasteiger charge is -2.19. The molecular formula is C19H28N4O3S. The molecule has 1 amide bonds. The molecule has 1 aromatic carbocycles. The molecule has 0 aliphatic carbocycles. The van der Waals surface area contributed by atoms with Gasteiger partial charge in [-0.05, 0) is 38.0 Å². The molecule has 0 radical (unpaired) electrons. The van der Waals surface area contributed by atoms with Crippen molar-refractivity contribution in [1.82, 2.24) is 14.1 Å². The Kier molecular flexibility index (Phi) is 6.78. The first-order valence-electron chi connectivity index (χ1n) is 9.21. The molecule has 1 atom stereocenters. The maximum absolute atomic E-state index is 12.8. The van der Waals surface area contributed by atoms with Crippen LogP contribution in [-0.2, 0) is 10.0 Å². The van der Waals surface area contributed by atoms with Crippen LogP contribution in [0.4, 0.5) is 5.82 Å². The number of carbonyl (C=O) groups excluding carboxylic acids is 1. The smallest absolute Gasteiger partial charge is 0.257 e. The first kappa shape index (κ1) is 21.1. The van der Waals surface area contributed by atoms with Crippen molar-refractivity contribution in [1.29, 1.82) is 0 Å². The third kappa shape index (κ3) is 4.39. The van der Waals surface area contributed by atoms with E-state index in [1.54, 1.807) is 49.8 Å². The number of hydrogen-bond acceptors (Lipinski definition) is 4. The van der Waals surface area contributed by atoms with Crippen LogP contribution in [0.2, 0.25) is 0 Å². The second kappa shape index (κ2) is 8.67. The van der Waals surface area contributed by atoms with Gasteiger partial charge in [0.15, 0.2) is 0 Å². The Morgan fingerprint density at radius 1 is 1.22 bits per heavy atom. The van der Waals surface area contributed by atoms with Crippen molar-refractivity contribution in [3.05, 3.63) is 41.6 Å². The molecular weight excluding hydrogens is 364 g/mol. The highest BCUT2D eigenvalue weighted by molar-refractivity contribution is 7.89. The largest absolute Gasteiger partial charge is 0.307 e. The number of rotatable bonds is 8. The number of anilines is 1. The molecule has 1 unspecified atom stereocenters. The highest BCUT2D eigenvalue weighted by Crippen LogP contribution is 2.22. The average Bonchev–Trinajstić information content (AvgIpc) is 3.10. The molecule has 0 aliphatic heterocycles. The van der Waals surface area contributed by atoms with E-state index < -0.39 is 10.0 Å². The van der Waals surface area contributed by atoms with Gasteiger partial charge in [0.2, 0.25) is 10.0 Å². The Hall–Kier alpha value is -2.19. The standard InChI is InChI=1S/C19H28N4O3S/c1-6-15(5)23-18(11-12-20-23)21-19(24)17-13-16(10-9-14(17)4)27(25,26)22(7-2)8-3/h9-13,15H,6-8H2,1-5H3,(H,21,24). The van der Waals surface area contributed by atoms with E-state index in [1.807, 2.05) is 13.8 Å². The van der Waals surface area contributed by atoms with Gasteiger partial charge in [-0.2, -0.15) is 9.40 Å². The van der Waals surface area contributed by atoms with Crippen LogP contribution >= 0.6 is 0 Å². The van der Waals surface area contributed by atoms with E-state index in [4.69, 9.17) is 0 Å². The van der Waals surface area contributed by atoms with Crippen LogP contribution in [0.1, 0.15) is 56.1 Å². The zero-order valence-electron chi connectivity index (χ0n) is 16.6. The first-order valence-corrected chi connectivity index (χ1v) is 10.7. The number of benzene rings is 1. The van der Waals surface area contributed by atoms with E-state index in [1.165, 1.54) is 10.4 Å². The molecule has 1 N–H and O–H groups in total. The molecule has 0 spiro atoms. The molecule has 148 valence electrons. The third-order valence-electron chi connectivity index (χ3n) is 4.72. The second-order valence-corrected chi connectivity index (χ2v) is 8.38. The number of aromatic nitrogens is 2. The molecule has 0 bridgehead atoms. The highest BCUT2D eigenvalue weighted by atomic mass is 32.2. The Bertz CT molecular complexity index is 901. The number of sulfonamides is 1. The van der Waals surface area contributed by atoms with Gasteiger partial charge in [-0.3, -0.25) is 4.79 Å².